The molecular formula is C22H20N2O3S. The highest BCUT2D eigenvalue weighted by atomic mass is 32.2. The number of hydrogen-bond donors (Lipinski definition) is 1. The smallest absolute Gasteiger partial charge is 0.243 e. The third-order valence-corrected chi connectivity index (χ3v) is 6.69. The van der Waals surface area contributed by atoms with E-state index in [1.54, 1.807) is 54.7 Å². The molecule has 0 saturated heterocycles. The Hall–Kier alpha value is -2.96. The van der Waals surface area contributed by atoms with Crippen LogP contribution in [0.1, 0.15) is 16.7 Å². The van der Waals surface area contributed by atoms with Crippen molar-refractivity contribution in [2.75, 3.05) is 6.54 Å². The quantitative estimate of drug-likeness (QED) is 0.685. The van der Waals surface area contributed by atoms with Crippen LogP contribution in [0.5, 0.6) is 5.75 Å². The second-order valence-corrected chi connectivity index (χ2v) is 8.64. The molecule has 1 heterocycles. The normalized spacial score (nSPS) is 14.9. The van der Waals surface area contributed by atoms with Crippen LogP contribution < -0.4 is 0 Å². The Kier molecular flexibility index (Phi) is 4.98. The number of phenolic OH excluding ortho intramolecular Hbond substituents is 1. The van der Waals surface area contributed by atoms with E-state index in [4.69, 9.17) is 0 Å². The average molecular weight is 392 g/mol. The van der Waals surface area contributed by atoms with E-state index in [1.807, 2.05) is 18.2 Å². The number of sulfonamides is 1. The van der Waals surface area contributed by atoms with Gasteiger partial charge >= 0.3 is 0 Å². The Morgan fingerprint density at radius 1 is 0.893 bits per heavy atom. The lowest BCUT2D eigenvalue weighted by Gasteiger charge is -2.28. The van der Waals surface area contributed by atoms with E-state index in [9.17, 15) is 13.5 Å². The van der Waals surface area contributed by atoms with Gasteiger partial charge in [-0.2, -0.15) is 4.31 Å². The van der Waals surface area contributed by atoms with Gasteiger partial charge in [0.1, 0.15) is 5.75 Å². The predicted molar refractivity (Wildman–Crippen MR) is 110 cm³/mol. The van der Waals surface area contributed by atoms with Gasteiger partial charge in [0.25, 0.3) is 0 Å². The zero-order valence-corrected chi connectivity index (χ0v) is 16.0. The van der Waals surface area contributed by atoms with Gasteiger partial charge < -0.3 is 5.11 Å². The zero-order valence-electron chi connectivity index (χ0n) is 15.2. The number of nitrogens with zero attached hydrogens (tertiary/aromatic N) is 2. The minimum atomic E-state index is -3.54. The van der Waals surface area contributed by atoms with E-state index >= 15 is 0 Å². The monoisotopic (exact) mass is 392 g/mol. The van der Waals surface area contributed by atoms with Crippen molar-refractivity contribution >= 4 is 21.9 Å². The highest BCUT2D eigenvalue weighted by Crippen LogP contribution is 2.26. The van der Waals surface area contributed by atoms with Crippen LogP contribution in [0.25, 0.3) is 0 Å². The predicted octanol–water partition coefficient (Wildman–Crippen LogP) is 3.89. The van der Waals surface area contributed by atoms with Crippen molar-refractivity contribution in [1.82, 2.24) is 4.31 Å². The topological polar surface area (TPSA) is 70.0 Å². The second-order valence-electron chi connectivity index (χ2n) is 6.70. The van der Waals surface area contributed by atoms with E-state index < -0.39 is 10.0 Å². The fourth-order valence-corrected chi connectivity index (χ4v) is 4.66. The van der Waals surface area contributed by atoms with E-state index in [1.165, 1.54) is 9.87 Å². The number of aliphatic imine (C=N–C) groups is 1. The molecule has 0 saturated carbocycles. The molecule has 3 aromatic rings. The Balaban J connectivity index is 1.51. The minimum absolute atomic E-state index is 0.201. The molecule has 0 aliphatic carbocycles. The van der Waals surface area contributed by atoms with Crippen LogP contribution in [0.4, 0.5) is 5.69 Å². The molecule has 0 atom stereocenters. The van der Waals surface area contributed by atoms with Crippen LogP contribution in [0.15, 0.2) is 82.7 Å². The molecule has 28 heavy (non-hydrogen) atoms. The summed E-state index contributed by atoms with van der Waals surface area (Å²) in [7, 11) is -3.54. The summed E-state index contributed by atoms with van der Waals surface area (Å²) in [5.74, 6) is 0.201. The maximum atomic E-state index is 13.0. The summed E-state index contributed by atoms with van der Waals surface area (Å²) >= 11 is 0. The van der Waals surface area contributed by atoms with Crippen LogP contribution in [0, 0.1) is 0 Å². The van der Waals surface area contributed by atoms with Crippen molar-refractivity contribution in [1.29, 1.82) is 0 Å². The summed E-state index contributed by atoms with van der Waals surface area (Å²) in [6, 6.07) is 21.2. The molecule has 0 amide bonds. The minimum Gasteiger partial charge on any atom is -0.508 e. The number of rotatable bonds is 4. The summed E-state index contributed by atoms with van der Waals surface area (Å²) < 4.78 is 27.5. The highest BCUT2D eigenvalue weighted by Gasteiger charge is 2.27. The lowest BCUT2D eigenvalue weighted by atomic mass is 10.0. The van der Waals surface area contributed by atoms with Crippen molar-refractivity contribution in [2.45, 2.75) is 17.9 Å². The zero-order chi connectivity index (χ0) is 19.6. The fraction of sp³-hybridized carbons (Fsp3) is 0.136. The molecule has 142 valence electrons. The SMILES string of the molecule is O=S(=O)(c1ccc(N=Cc2ccc(O)cc2)cc1)N1CCc2ccccc2C1. The van der Waals surface area contributed by atoms with Gasteiger partial charge in [-0.15, -0.1) is 0 Å². The molecule has 0 radical (unpaired) electrons. The number of hydrogen-bond acceptors (Lipinski definition) is 4. The van der Waals surface area contributed by atoms with Gasteiger partial charge in [-0.25, -0.2) is 8.42 Å². The van der Waals surface area contributed by atoms with E-state index in [0.29, 0.717) is 18.8 Å². The summed E-state index contributed by atoms with van der Waals surface area (Å²) in [4.78, 5) is 4.63. The molecule has 1 N–H and O–H groups in total. The van der Waals surface area contributed by atoms with Gasteiger partial charge in [0.15, 0.2) is 0 Å². The van der Waals surface area contributed by atoms with Gasteiger partial charge in [-0.05, 0) is 71.6 Å². The molecule has 0 aromatic heterocycles. The standard InChI is InChI=1S/C22H20N2O3S/c25-21-9-5-17(6-10-21)15-23-20-7-11-22(12-8-20)28(26,27)24-14-13-18-3-1-2-4-19(18)16-24/h1-12,15,25H,13-14,16H2. The van der Waals surface area contributed by atoms with Crippen molar-refractivity contribution in [3.8, 4) is 5.75 Å². The fourth-order valence-electron chi connectivity index (χ4n) is 3.24. The highest BCUT2D eigenvalue weighted by molar-refractivity contribution is 7.89. The third-order valence-electron chi connectivity index (χ3n) is 4.83. The number of aromatic hydroxyl groups is 1. The second kappa shape index (κ2) is 7.58. The Morgan fingerprint density at radius 3 is 2.29 bits per heavy atom. The summed E-state index contributed by atoms with van der Waals surface area (Å²) in [5, 5.41) is 9.31. The third kappa shape index (κ3) is 3.83. The average Bonchev–Trinajstić information content (AvgIpc) is 2.73. The van der Waals surface area contributed by atoms with E-state index in [2.05, 4.69) is 11.1 Å². The van der Waals surface area contributed by atoms with E-state index in [0.717, 1.165) is 17.5 Å². The molecule has 0 unspecified atom stereocenters. The molecule has 4 rings (SSSR count). The van der Waals surface area contributed by atoms with Crippen LogP contribution in [0.3, 0.4) is 0 Å². The maximum absolute atomic E-state index is 13.0. The molecule has 3 aromatic carbocycles. The van der Waals surface area contributed by atoms with Crippen molar-refractivity contribution in [3.05, 3.63) is 89.5 Å². The molecule has 0 bridgehead atoms. The van der Waals surface area contributed by atoms with Crippen LogP contribution in [0.2, 0.25) is 0 Å². The first-order valence-electron chi connectivity index (χ1n) is 9.02. The van der Waals surface area contributed by atoms with E-state index in [-0.39, 0.29) is 10.6 Å². The molecule has 1 aliphatic rings. The lowest BCUT2D eigenvalue weighted by molar-refractivity contribution is 0.391. The molecule has 5 nitrogen and oxygen atoms in total. The molecule has 0 spiro atoms. The van der Waals surface area contributed by atoms with Crippen LogP contribution in [-0.4, -0.2) is 30.6 Å². The van der Waals surface area contributed by atoms with Crippen LogP contribution in [-0.2, 0) is 23.0 Å². The number of benzene rings is 3. The molecule has 6 heteroatoms. The molecule has 0 fully saturated rings. The Bertz CT molecular complexity index is 1110. The van der Waals surface area contributed by atoms with Gasteiger partial charge in [0, 0.05) is 19.3 Å². The molecule has 1 aliphatic heterocycles. The summed E-state index contributed by atoms with van der Waals surface area (Å²) in [5.41, 5.74) is 3.79. The van der Waals surface area contributed by atoms with Crippen molar-refractivity contribution in [3.63, 3.8) is 0 Å². The van der Waals surface area contributed by atoms with Gasteiger partial charge in [-0.3, -0.25) is 4.99 Å². The Morgan fingerprint density at radius 2 is 1.57 bits per heavy atom. The molecular weight excluding hydrogens is 372 g/mol. The summed E-state index contributed by atoms with van der Waals surface area (Å²) in [6.45, 7) is 0.888. The first kappa shape index (κ1) is 18.4. The Labute approximate surface area is 164 Å². The van der Waals surface area contributed by atoms with Crippen LogP contribution >= 0.6 is 0 Å². The van der Waals surface area contributed by atoms with Gasteiger partial charge in [0.2, 0.25) is 10.0 Å². The number of phenols is 1. The first-order valence-corrected chi connectivity index (χ1v) is 10.5. The number of fused-ring (bicyclic) bond motifs is 1. The van der Waals surface area contributed by atoms with Crippen molar-refractivity contribution in [2.24, 2.45) is 4.99 Å². The largest absolute Gasteiger partial charge is 0.508 e. The first-order chi connectivity index (χ1) is 13.5. The van der Waals surface area contributed by atoms with Gasteiger partial charge in [0.05, 0.1) is 10.6 Å². The lowest BCUT2D eigenvalue weighted by Crippen LogP contribution is -2.35. The summed E-state index contributed by atoms with van der Waals surface area (Å²) in [6.07, 6.45) is 2.40. The van der Waals surface area contributed by atoms with Gasteiger partial charge in [-0.1, -0.05) is 24.3 Å². The van der Waals surface area contributed by atoms with Crippen molar-refractivity contribution < 1.29 is 13.5 Å². The maximum Gasteiger partial charge on any atom is 0.243 e.